The lowest BCUT2D eigenvalue weighted by Crippen LogP contribution is -2.48. The Hall–Kier alpha value is -2.60. The number of esters is 2. The molecule has 1 fully saturated rings. The smallest absolute Gasteiger partial charge is 0.332 e. The van der Waals surface area contributed by atoms with E-state index in [1.54, 1.807) is 45.5 Å². The van der Waals surface area contributed by atoms with Crippen LogP contribution in [0.2, 0.25) is 0 Å². The summed E-state index contributed by atoms with van der Waals surface area (Å²) in [7, 11) is -3.88. The van der Waals surface area contributed by atoms with Gasteiger partial charge >= 0.3 is 11.9 Å². The highest BCUT2D eigenvalue weighted by atomic mass is 31.2. The number of nitrogens with zero attached hydrogens (tertiary/aromatic N) is 4. The first-order valence-corrected chi connectivity index (χ1v) is 14.2. The quantitative estimate of drug-likeness (QED) is 0.282. The van der Waals surface area contributed by atoms with Crippen LogP contribution >= 0.6 is 7.52 Å². The normalized spacial score (nSPS) is 17.1. The van der Waals surface area contributed by atoms with Crippen LogP contribution in [-0.4, -0.2) is 68.3 Å². The molecular formula is C23H37N6O7P. The van der Waals surface area contributed by atoms with E-state index in [-0.39, 0.29) is 18.0 Å². The highest BCUT2D eigenvalue weighted by molar-refractivity contribution is 7.56. The van der Waals surface area contributed by atoms with E-state index in [4.69, 9.17) is 24.5 Å². The zero-order valence-electron chi connectivity index (χ0n) is 22.0. The zero-order chi connectivity index (χ0) is 27.2. The molecule has 37 heavy (non-hydrogen) atoms. The van der Waals surface area contributed by atoms with Crippen LogP contribution in [0.3, 0.4) is 0 Å². The molecular weight excluding hydrogens is 503 g/mol. The van der Waals surface area contributed by atoms with Crippen molar-refractivity contribution in [1.29, 1.82) is 0 Å². The van der Waals surface area contributed by atoms with Crippen molar-refractivity contribution in [3.05, 3.63) is 12.7 Å². The number of fused-ring (bicyclic) bond motifs is 1. The van der Waals surface area contributed by atoms with Gasteiger partial charge in [-0.15, -0.1) is 0 Å². The molecule has 13 nitrogen and oxygen atoms in total. The van der Waals surface area contributed by atoms with Crippen LogP contribution in [0.5, 0.6) is 0 Å². The number of carbonyl (C=O) groups excluding carboxylic acids is 2. The molecule has 1 aliphatic rings. The number of aromatic nitrogens is 4. The largest absolute Gasteiger partial charge is 0.461 e. The third-order valence-corrected chi connectivity index (χ3v) is 7.64. The summed E-state index contributed by atoms with van der Waals surface area (Å²) in [4.78, 5) is 37.3. The molecule has 206 valence electrons. The van der Waals surface area contributed by atoms with Gasteiger partial charge in [0.25, 0.3) is 7.52 Å². The van der Waals surface area contributed by atoms with E-state index in [0.717, 1.165) is 25.7 Å². The summed E-state index contributed by atoms with van der Waals surface area (Å²) in [5.74, 6) is -0.971. The maximum atomic E-state index is 13.8. The number of rotatable bonds is 13. The van der Waals surface area contributed by atoms with Gasteiger partial charge in [-0.05, 0) is 60.3 Å². The SMILES string of the molecule is CC(C)OC(=O)CO[P@@](=O)(CO[C@H](C)Cn1cnc2c(N)ncnc21)NC(C)(C)C(=O)OC1CCCC1. The molecule has 14 heteroatoms. The summed E-state index contributed by atoms with van der Waals surface area (Å²) in [5, 5.41) is 2.77. The number of anilines is 1. The Morgan fingerprint density at radius 1 is 1.22 bits per heavy atom. The number of hydrogen-bond donors (Lipinski definition) is 2. The molecule has 2 aromatic heterocycles. The Balaban J connectivity index is 1.67. The van der Waals surface area contributed by atoms with Crippen molar-refractivity contribution < 1.29 is 32.9 Å². The first-order valence-electron chi connectivity index (χ1n) is 12.3. The molecule has 0 saturated heterocycles. The fraction of sp³-hybridized carbons (Fsp3) is 0.696. The lowest BCUT2D eigenvalue weighted by atomic mass is 10.1. The van der Waals surface area contributed by atoms with Crippen molar-refractivity contribution in [2.24, 2.45) is 0 Å². The van der Waals surface area contributed by atoms with Gasteiger partial charge in [-0.3, -0.25) is 9.36 Å². The maximum Gasteiger partial charge on any atom is 0.332 e. The maximum absolute atomic E-state index is 13.8. The number of carbonyl (C=O) groups is 2. The highest BCUT2D eigenvalue weighted by Crippen LogP contribution is 2.45. The van der Waals surface area contributed by atoms with Crippen LogP contribution in [0.15, 0.2) is 12.7 Å². The highest BCUT2D eigenvalue weighted by Gasteiger charge is 2.40. The topological polar surface area (TPSA) is 170 Å². The van der Waals surface area contributed by atoms with Gasteiger partial charge in [0.15, 0.2) is 18.1 Å². The first-order chi connectivity index (χ1) is 17.4. The van der Waals surface area contributed by atoms with E-state index in [1.165, 1.54) is 6.33 Å². The average Bonchev–Trinajstić information content (AvgIpc) is 3.47. The van der Waals surface area contributed by atoms with E-state index in [0.29, 0.717) is 17.7 Å². The number of imidazole rings is 1. The number of hydrogen-bond acceptors (Lipinski definition) is 11. The van der Waals surface area contributed by atoms with Crippen LogP contribution in [0.1, 0.15) is 60.3 Å². The molecule has 1 aliphatic carbocycles. The third kappa shape index (κ3) is 8.19. The van der Waals surface area contributed by atoms with Crippen molar-refractivity contribution in [3.63, 3.8) is 0 Å². The van der Waals surface area contributed by atoms with Gasteiger partial charge in [0, 0.05) is 0 Å². The van der Waals surface area contributed by atoms with E-state index >= 15 is 0 Å². The minimum atomic E-state index is -3.88. The van der Waals surface area contributed by atoms with E-state index in [2.05, 4.69) is 20.0 Å². The average molecular weight is 541 g/mol. The molecule has 3 N–H and O–H groups in total. The van der Waals surface area contributed by atoms with Gasteiger partial charge in [0.05, 0.1) is 25.1 Å². The van der Waals surface area contributed by atoms with Gasteiger partial charge in [0.2, 0.25) is 0 Å². The van der Waals surface area contributed by atoms with Crippen LogP contribution < -0.4 is 10.8 Å². The van der Waals surface area contributed by atoms with Crippen molar-refractivity contribution in [2.75, 3.05) is 18.7 Å². The second-order valence-electron chi connectivity index (χ2n) is 9.97. The summed E-state index contributed by atoms with van der Waals surface area (Å²) in [6.45, 7) is 8.01. The summed E-state index contributed by atoms with van der Waals surface area (Å²) in [5.41, 5.74) is 5.49. The fourth-order valence-corrected chi connectivity index (χ4v) is 5.83. The molecule has 3 rings (SSSR count). The molecule has 2 atom stereocenters. The molecule has 0 aromatic carbocycles. The molecule has 0 bridgehead atoms. The Labute approximate surface area is 216 Å². The van der Waals surface area contributed by atoms with Crippen LogP contribution in [0.4, 0.5) is 5.82 Å². The molecule has 1 saturated carbocycles. The Kier molecular flexibility index (Phi) is 9.63. The summed E-state index contributed by atoms with van der Waals surface area (Å²) in [6, 6.07) is 0. The molecule has 2 heterocycles. The third-order valence-electron chi connectivity index (χ3n) is 5.71. The second-order valence-corrected chi connectivity index (χ2v) is 12.1. The van der Waals surface area contributed by atoms with Gasteiger partial charge in [-0.2, -0.15) is 0 Å². The molecule has 0 spiro atoms. The van der Waals surface area contributed by atoms with Crippen LogP contribution in [0.25, 0.3) is 11.2 Å². The first kappa shape index (κ1) is 29.0. The predicted molar refractivity (Wildman–Crippen MR) is 135 cm³/mol. The van der Waals surface area contributed by atoms with E-state index < -0.39 is 44.1 Å². The summed E-state index contributed by atoms with van der Waals surface area (Å²) >= 11 is 0. The van der Waals surface area contributed by atoms with Gasteiger partial charge in [-0.1, -0.05) is 0 Å². The lowest BCUT2D eigenvalue weighted by molar-refractivity contribution is -0.154. The number of ether oxygens (including phenoxy) is 3. The summed E-state index contributed by atoms with van der Waals surface area (Å²) in [6.07, 6.45) is 5.12. The van der Waals surface area contributed by atoms with Crippen LogP contribution in [-0.2, 0) is 39.4 Å². The number of nitrogens with one attached hydrogen (secondary N) is 1. The monoisotopic (exact) mass is 540 g/mol. The van der Waals surface area contributed by atoms with E-state index in [9.17, 15) is 14.2 Å². The van der Waals surface area contributed by atoms with Crippen molar-refractivity contribution in [2.45, 2.75) is 90.7 Å². The predicted octanol–water partition coefficient (Wildman–Crippen LogP) is 2.79. The molecule has 0 radical (unpaired) electrons. The van der Waals surface area contributed by atoms with Crippen molar-refractivity contribution in [3.8, 4) is 0 Å². The number of nitrogen functional groups attached to an aromatic ring is 1. The fourth-order valence-electron chi connectivity index (χ4n) is 3.92. The van der Waals surface area contributed by atoms with E-state index in [1.807, 2.05) is 0 Å². The van der Waals surface area contributed by atoms with Crippen LogP contribution in [0, 0.1) is 0 Å². The van der Waals surface area contributed by atoms with Gasteiger partial charge < -0.3 is 29.0 Å². The lowest BCUT2D eigenvalue weighted by Gasteiger charge is -2.31. The molecule has 0 aliphatic heterocycles. The molecule has 0 amide bonds. The summed E-state index contributed by atoms with van der Waals surface area (Å²) < 4.78 is 37.6. The zero-order valence-corrected chi connectivity index (χ0v) is 22.9. The Bertz CT molecular complexity index is 1130. The standard InChI is InChI=1S/C23H37N6O7P/c1-15(2)35-18(30)11-34-37(32,28-23(4,5)22(31)36-17-8-6-7-9-17)14-33-16(3)10-29-13-27-19-20(24)25-12-26-21(19)29/h12-13,15-17H,6-11,14H2,1-5H3,(H,28,32)(H2,24,25,26)/t16-,37+/m1/s1. The minimum absolute atomic E-state index is 0.158. The number of nitrogens with two attached hydrogens (primary N) is 1. The van der Waals surface area contributed by atoms with Crippen molar-refractivity contribution in [1.82, 2.24) is 24.6 Å². The second kappa shape index (κ2) is 12.3. The van der Waals surface area contributed by atoms with Crippen molar-refractivity contribution >= 4 is 36.4 Å². The Morgan fingerprint density at radius 3 is 2.59 bits per heavy atom. The molecule has 2 aromatic rings. The minimum Gasteiger partial charge on any atom is -0.461 e. The van der Waals surface area contributed by atoms with Gasteiger partial charge in [-0.25, -0.2) is 24.8 Å². The Morgan fingerprint density at radius 2 is 1.92 bits per heavy atom. The van der Waals surface area contributed by atoms with Gasteiger partial charge in [0.1, 0.15) is 29.8 Å². The molecule has 0 unspecified atom stereocenters.